The molecule has 8 heteroatoms. The number of nitrogens with zero attached hydrogens (tertiary/aromatic N) is 1. The molecule has 7 nitrogen and oxygen atoms in total. The van der Waals surface area contributed by atoms with E-state index in [-0.39, 0.29) is 24.0 Å². The lowest BCUT2D eigenvalue weighted by atomic mass is 10.1. The largest absolute Gasteiger partial charge is 0.444 e. The highest BCUT2D eigenvalue weighted by molar-refractivity contribution is 14.0. The molecule has 3 N–H and O–H groups in total. The van der Waals surface area contributed by atoms with Gasteiger partial charge in [-0.15, -0.1) is 24.0 Å². The van der Waals surface area contributed by atoms with Crippen LogP contribution in [0.4, 0.5) is 10.5 Å². The quantitative estimate of drug-likeness (QED) is 0.168. The van der Waals surface area contributed by atoms with Crippen molar-refractivity contribution < 1.29 is 14.3 Å². The van der Waals surface area contributed by atoms with Gasteiger partial charge in [-0.25, -0.2) is 4.79 Å². The lowest BCUT2D eigenvalue weighted by Gasteiger charge is -2.19. The first kappa shape index (κ1) is 28.5. The highest BCUT2D eigenvalue weighted by Crippen LogP contribution is 2.13. The number of hydrogen-bond acceptors (Lipinski definition) is 4. The molecule has 0 aliphatic carbocycles. The first-order chi connectivity index (χ1) is 13.8. The Balaban J connectivity index is 0.00000841. The van der Waals surface area contributed by atoms with Crippen LogP contribution < -0.4 is 16.0 Å². The molecule has 172 valence electrons. The summed E-state index contributed by atoms with van der Waals surface area (Å²) >= 11 is 0. The highest BCUT2D eigenvalue weighted by atomic mass is 127. The van der Waals surface area contributed by atoms with Crippen LogP contribution in [-0.2, 0) is 15.9 Å². The Bertz CT molecular complexity index is 616. The Hall–Kier alpha value is -1.55. The van der Waals surface area contributed by atoms with Gasteiger partial charge < -0.3 is 20.1 Å². The van der Waals surface area contributed by atoms with Crippen LogP contribution in [0.15, 0.2) is 29.3 Å². The number of carbonyl (C=O) groups excluding carboxylic acids is 1. The average molecular weight is 534 g/mol. The fourth-order valence-corrected chi connectivity index (χ4v) is 2.49. The second kappa shape index (κ2) is 16.2. The van der Waals surface area contributed by atoms with E-state index in [2.05, 4.69) is 27.9 Å². The average Bonchev–Trinajstić information content (AvgIpc) is 2.64. The van der Waals surface area contributed by atoms with Gasteiger partial charge in [-0.05, 0) is 71.6 Å². The van der Waals surface area contributed by atoms with Crippen LogP contribution in [0.1, 0.15) is 53.0 Å². The number of carbonyl (C=O) groups is 1. The first-order valence-electron chi connectivity index (χ1n) is 10.5. The van der Waals surface area contributed by atoms with Crippen molar-refractivity contribution in [1.82, 2.24) is 10.6 Å². The van der Waals surface area contributed by atoms with Gasteiger partial charge in [0.05, 0.1) is 0 Å². The smallest absolute Gasteiger partial charge is 0.412 e. The third kappa shape index (κ3) is 14.4. The summed E-state index contributed by atoms with van der Waals surface area (Å²) < 4.78 is 10.6. The topological polar surface area (TPSA) is 84.0 Å². The number of amides is 1. The predicted octanol–water partition coefficient (Wildman–Crippen LogP) is 4.57. The molecule has 0 atom stereocenters. The van der Waals surface area contributed by atoms with E-state index < -0.39 is 11.7 Å². The number of aliphatic imine (C=N–C) groups is 1. The van der Waals surface area contributed by atoms with Crippen LogP contribution in [-0.4, -0.2) is 50.5 Å². The zero-order valence-corrected chi connectivity index (χ0v) is 21.4. The molecule has 0 saturated carbocycles. The van der Waals surface area contributed by atoms with E-state index in [1.807, 2.05) is 52.0 Å². The number of anilines is 1. The number of ether oxygens (including phenoxy) is 2. The minimum Gasteiger partial charge on any atom is -0.444 e. The van der Waals surface area contributed by atoms with Crippen molar-refractivity contribution in [1.29, 1.82) is 0 Å². The van der Waals surface area contributed by atoms with Gasteiger partial charge in [0.2, 0.25) is 0 Å². The van der Waals surface area contributed by atoms with Gasteiger partial charge in [-0.3, -0.25) is 10.3 Å². The van der Waals surface area contributed by atoms with Gasteiger partial charge in [0, 0.05) is 38.5 Å². The zero-order chi connectivity index (χ0) is 21.5. The van der Waals surface area contributed by atoms with Crippen LogP contribution in [0, 0.1) is 0 Å². The normalized spacial score (nSPS) is 11.4. The molecule has 0 fully saturated rings. The molecule has 0 bridgehead atoms. The molecule has 30 heavy (non-hydrogen) atoms. The van der Waals surface area contributed by atoms with Crippen molar-refractivity contribution in [2.75, 3.05) is 38.2 Å². The Morgan fingerprint density at radius 1 is 1.07 bits per heavy atom. The maximum Gasteiger partial charge on any atom is 0.412 e. The van der Waals surface area contributed by atoms with Gasteiger partial charge in [0.15, 0.2) is 5.96 Å². The third-order valence-electron chi connectivity index (χ3n) is 3.82. The monoisotopic (exact) mass is 534 g/mol. The molecule has 0 aromatic heterocycles. The van der Waals surface area contributed by atoms with Crippen molar-refractivity contribution in [3.8, 4) is 0 Å². The molecule has 1 aromatic rings. The summed E-state index contributed by atoms with van der Waals surface area (Å²) in [5, 5.41) is 9.37. The van der Waals surface area contributed by atoms with Crippen LogP contribution in [0.3, 0.4) is 0 Å². The molecule has 0 radical (unpaired) electrons. The van der Waals surface area contributed by atoms with E-state index in [1.165, 1.54) is 5.56 Å². The molecule has 0 aliphatic rings. The Labute approximate surface area is 198 Å². The van der Waals surface area contributed by atoms with Crippen LogP contribution >= 0.6 is 24.0 Å². The fraction of sp³-hybridized carbons (Fsp3) is 0.636. The molecule has 0 saturated heterocycles. The van der Waals surface area contributed by atoms with Gasteiger partial charge in [0.1, 0.15) is 5.60 Å². The number of guanidine groups is 1. The number of rotatable bonds is 11. The van der Waals surface area contributed by atoms with Crippen molar-refractivity contribution in [3.05, 3.63) is 29.8 Å². The van der Waals surface area contributed by atoms with Crippen molar-refractivity contribution in [3.63, 3.8) is 0 Å². The molecular formula is C22H39IN4O3. The second-order valence-corrected chi connectivity index (χ2v) is 7.67. The number of hydrogen-bond donors (Lipinski definition) is 3. The standard InChI is InChI=1S/C22H38N4O3.HI/c1-6-23-20(24-15-8-9-17-28-7-2)25-16-14-18-10-12-19(13-11-18)26-21(27)29-22(3,4)5;/h10-13H,6-9,14-17H2,1-5H3,(H,26,27)(H2,23,24,25);1H. The first-order valence-corrected chi connectivity index (χ1v) is 10.5. The van der Waals surface area contributed by atoms with Crippen LogP contribution in [0.25, 0.3) is 0 Å². The molecule has 1 amide bonds. The Kier molecular flexibility index (Phi) is 15.3. The maximum atomic E-state index is 11.8. The predicted molar refractivity (Wildman–Crippen MR) is 135 cm³/mol. The summed E-state index contributed by atoms with van der Waals surface area (Å²) in [6, 6.07) is 7.78. The summed E-state index contributed by atoms with van der Waals surface area (Å²) in [6.07, 6.45) is 2.46. The van der Waals surface area contributed by atoms with E-state index in [0.717, 1.165) is 63.8 Å². The van der Waals surface area contributed by atoms with Crippen LogP contribution in [0.2, 0.25) is 0 Å². The summed E-state index contributed by atoms with van der Waals surface area (Å²) in [7, 11) is 0. The highest BCUT2D eigenvalue weighted by Gasteiger charge is 2.16. The lowest BCUT2D eigenvalue weighted by molar-refractivity contribution is 0.0636. The minimum absolute atomic E-state index is 0. The van der Waals surface area contributed by atoms with E-state index in [9.17, 15) is 4.79 Å². The van der Waals surface area contributed by atoms with Gasteiger partial charge in [-0.1, -0.05) is 12.1 Å². The van der Waals surface area contributed by atoms with Gasteiger partial charge in [-0.2, -0.15) is 0 Å². The van der Waals surface area contributed by atoms with Crippen molar-refractivity contribution in [2.45, 2.75) is 59.5 Å². The van der Waals surface area contributed by atoms with E-state index >= 15 is 0 Å². The van der Waals surface area contributed by atoms with E-state index in [1.54, 1.807) is 0 Å². The molecule has 0 aliphatic heterocycles. The van der Waals surface area contributed by atoms with Gasteiger partial charge >= 0.3 is 6.09 Å². The van der Waals surface area contributed by atoms with E-state index in [0.29, 0.717) is 0 Å². The maximum absolute atomic E-state index is 11.8. The summed E-state index contributed by atoms with van der Waals surface area (Å²) in [5.74, 6) is 0.840. The third-order valence-corrected chi connectivity index (χ3v) is 3.82. The molecule has 1 aromatic carbocycles. The molecule has 0 unspecified atom stereocenters. The SMILES string of the molecule is CCNC(=NCCCCOCC)NCCc1ccc(NC(=O)OC(C)(C)C)cc1.I. The summed E-state index contributed by atoms with van der Waals surface area (Å²) in [6.45, 7) is 13.6. The van der Waals surface area contributed by atoms with Crippen LogP contribution in [0.5, 0.6) is 0 Å². The van der Waals surface area contributed by atoms with Crippen molar-refractivity contribution in [2.24, 2.45) is 4.99 Å². The number of halogens is 1. The molecular weight excluding hydrogens is 495 g/mol. The second-order valence-electron chi connectivity index (χ2n) is 7.67. The fourth-order valence-electron chi connectivity index (χ4n) is 2.49. The molecule has 0 spiro atoms. The number of unbranched alkanes of at least 4 members (excludes halogenated alkanes) is 1. The van der Waals surface area contributed by atoms with E-state index in [4.69, 9.17) is 9.47 Å². The zero-order valence-electron chi connectivity index (χ0n) is 19.0. The summed E-state index contributed by atoms with van der Waals surface area (Å²) in [4.78, 5) is 16.4. The lowest BCUT2D eigenvalue weighted by Crippen LogP contribution is -2.38. The molecule has 1 rings (SSSR count). The van der Waals surface area contributed by atoms with Gasteiger partial charge in [0.25, 0.3) is 0 Å². The number of nitrogens with one attached hydrogen (secondary N) is 3. The Morgan fingerprint density at radius 3 is 2.37 bits per heavy atom. The van der Waals surface area contributed by atoms with Crippen molar-refractivity contribution >= 4 is 41.7 Å². The Morgan fingerprint density at radius 2 is 1.77 bits per heavy atom. The minimum atomic E-state index is -0.509. The number of benzene rings is 1. The molecule has 0 heterocycles. The summed E-state index contributed by atoms with van der Waals surface area (Å²) in [5.41, 5.74) is 1.39.